The lowest BCUT2D eigenvalue weighted by Gasteiger charge is -2.33. The molecule has 0 radical (unpaired) electrons. The van der Waals surface area contributed by atoms with E-state index in [0.29, 0.717) is 32.8 Å². The zero-order valence-corrected chi connectivity index (χ0v) is 21.4. The Morgan fingerprint density at radius 3 is 2.19 bits per heavy atom. The second kappa shape index (κ2) is 11.5. The Balaban J connectivity index is 2.33. The summed E-state index contributed by atoms with van der Waals surface area (Å²) in [5, 5.41) is 4.48. The first-order valence-corrected chi connectivity index (χ1v) is 11.6. The van der Waals surface area contributed by atoms with E-state index < -0.39 is 17.5 Å². The van der Waals surface area contributed by atoms with Gasteiger partial charge < -0.3 is 15.0 Å². The highest BCUT2D eigenvalue weighted by Gasteiger charge is 2.31. The van der Waals surface area contributed by atoms with Crippen LogP contribution in [0, 0.1) is 0 Å². The Kier molecular flexibility index (Phi) is 9.53. The monoisotopic (exact) mass is 518 g/mol. The Morgan fingerprint density at radius 1 is 1.03 bits per heavy atom. The molecule has 2 aromatic rings. The Bertz CT molecular complexity index is 956. The van der Waals surface area contributed by atoms with E-state index in [1.807, 2.05) is 27.7 Å². The van der Waals surface area contributed by atoms with Crippen molar-refractivity contribution in [1.29, 1.82) is 0 Å². The van der Waals surface area contributed by atoms with Crippen molar-refractivity contribution in [1.82, 2.24) is 10.2 Å². The van der Waals surface area contributed by atoms with Gasteiger partial charge in [0.15, 0.2) is 6.61 Å². The lowest BCUT2D eigenvalue weighted by molar-refractivity contribution is -0.143. The number of benzene rings is 2. The van der Waals surface area contributed by atoms with Crippen molar-refractivity contribution < 1.29 is 14.3 Å². The van der Waals surface area contributed by atoms with Crippen LogP contribution in [0.2, 0.25) is 20.1 Å². The van der Waals surface area contributed by atoms with Gasteiger partial charge in [-0.15, -0.1) is 0 Å². The average Bonchev–Trinajstić information content (AvgIpc) is 2.67. The summed E-state index contributed by atoms with van der Waals surface area (Å²) < 4.78 is 5.63. The number of carbonyl (C=O) groups is 2. The third kappa shape index (κ3) is 7.45. The molecule has 0 saturated heterocycles. The summed E-state index contributed by atoms with van der Waals surface area (Å²) in [5.41, 5.74) is 0.0879. The van der Waals surface area contributed by atoms with E-state index in [-0.39, 0.29) is 24.1 Å². The maximum absolute atomic E-state index is 13.3. The summed E-state index contributed by atoms with van der Waals surface area (Å²) in [4.78, 5) is 27.7. The minimum atomic E-state index is -0.752. The molecule has 0 saturated carbocycles. The highest BCUT2D eigenvalue weighted by molar-refractivity contribution is 6.36. The molecule has 0 aromatic heterocycles. The average molecular weight is 520 g/mol. The first-order valence-electron chi connectivity index (χ1n) is 10.0. The summed E-state index contributed by atoms with van der Waals surface area (Å²) in [5.74, 6) is -0.378. The van der Waals surface area contributed by atoms with E-state index in [9.17, 15) is 9.59 Å². The van der Waals surface area contributed by atoms with Gasteiger partial charge in [-0.05, 0) is 57.5 Å². The van der Waals surface area contributed by atoms with Crippen molar-refractivity contribution in [3.8, 4) is 5.75 Å². The minimum Gasteiger partial charge on any atom is -0.482 e. The third-order valence-corrected chi connectivity index (χ3v) is 5.76. The van der Waals surface area contributed by atoms with Crippen LogP contribution in [0.3, 0.4) is 0 Å². The topological polar surface area (TPSA) is 58.6 Å². The van der Waals surface area contributed by atoms with Crippen LogP contribution in [0.15, 0.2) is 36.4 Å². The SMILES string of the molecule is CC[C@H](C(=O)NC(C)(C)C)N(Cc1c(Cl)cccc1Cl)C(=O)COc1ccc(Cl)cc1Cl. The molecule has 0 aliphatic rings. The molecular weight excluding hydrogens is 494 g/mol. The molecule has 9 heteroatoms. The van der Waals surface area contributed by atoms with Crippen LogP contribution in [0.5, 0.6) is 5.75 Å². The van der Waals surface area contributed by atoms with E-state index in [4.69, 9.17) is 51.1 Å². The van der Waals surface area contributed by atoms with Crippen molar-refractivity contribution in [2.24, 2.45) is 0 Å². The summed E-state index contributed by atoms with van der Waals surface area (Å²) in [7, 11) is 0. The Morgan fingerprint density at radius 2 is 1.66 bits per heavy atom. The lowest BCUT2D eigenvalue weighted by atomic mass is 10.1. The van der Waals surface area contributed by atoms with Gasteiger partial charge in [-0.1, -0.05) is 59.4 Å². The molecule has 2 amide bonds. The molecule has 2 aromatic carbocycles. The number of nitrogens with zero attached hydrogens (tertiary/aromatic N) is 1. The summed E-state index contributed by atoms with van der Waals surface area (Å²) >= 11 is 24.7. The van der Waals surface area contributed by atoms with Crippen LogP contribution in [0.4, 0.5) is 0 Å². The number of hydrogen-bond donors (Lipinski definition) is 1. The molecule has 1 atom stereocenters. The quantitative estimate of drug-likeness (QED) is 0.438. The maximum Gasteiger partial charge on any atom is 0.261 e. The first kappa shape index (κ1) is 26.6. The van der Waals surface area contributed by atoms with Crippen LogP contribution in [-0.4, -0.2) is 34.9 Å². The van der Waals surface area contributed by atoms with Crippen LogP contribution >= 0.6 is 46.4 Å². The lowest BCUT2D eigenvalue weighted by Crippen LogP contribution is -2.54. The predicted octanol–water partition coefficient (Wildman–Crippen LogP) is 6.40. The number of nitrogens with one attached hydrogen (secondary N) is 1. The zero-order chi connectivity index (χ0) is 24.1. The zero-order valence-electron chi connectivity index (χ0n) is 18.3. The van der Waals surface area contributed by atoms with Gasteiger partial charge in [0, 0.05) is 32.7 Å². The molecule has 0 aliphatic heterocycles. The van der Waals surface area contributed by atoms with Gasteiger partial charge in [0.05, 0.1) is 5.02 Å². The van der Waals surface area contributed by atoms with Gasteiger partial charge >= 0.3 is 0 Å². The Labute approximate surface area is 208 Å². The van der Waals surface area contributed by atoms with Gasteiger partial charge in [-0.2, -0.15) is 0 Å². The number of ether oxygens (including phenoxy) is 1. The molecule has 0 unspecified atom stereocenters. The number of hydrogen-bond acceptors (Lipinski definition) is 3. The molecule has 2 rings (SSSR count). The smallest absolute Gasteiger partial charge is 0.261 e. The Hall–Kier alpha value is -1.66. The van der Waals surface area contributed by atoms with Gasteiger partial charge in [0.2, 0.25) is 5.91 Å². The van der Waals surface area contributed by atoms with Crippen LogP contribution in [0.1, 0.15) is 39.7 Å². The van der Waals surface area contributed by atoms with E-state index in [0.717, 1.165) is 0 Å². The van der Waals surface area contributed by atoms with Gasteiger partial charge in [0.1, 0.15) is 11.8 Å². The second-order valence-corrected chi connectivity index (χ2v) is 9.91. The second-order valence-electron chi connectivity index (χ2n) is 8.25. The molecule has 0 heterocycles. The van der Waals surface area contributed by atoms with Crippen molar-refractivity contribution in [3.63, 3.8) is 0 Å². The number of carbonyl (C=O) groups excluding carboxylic acids is 2. The van der Waals surface area contributed by atoms with Crippen molar-refractivity contribution in [3.05, 3.63) is 62.1 Å². The number of rotatable bonds is 8. The standard InChI is InChI=1S/C23H26Cl4N2O3/c1-5-19(22(31)28-23(2,3)4)29(12-15-16(25)7-6-8-17(15)26)21(30)13-32-20-10-9-14(24)11-18(20)27/h6-11,19H,5,12-13H2,1-4H3,(H,28,31)/t19-/m1/s1. The molecule has 0 fully saturated rings. The largest absolute Gasteiger partial charge is 0.482 e. The molecule has 32 heavy (non-hydrogen) atoms. The van der Waals surface area contributed by atoms with Crippen molar-refractivity contribution in [2.75, 3.05) is 6.61 Å². The number of halogens is 4. The minimum absolute atomic E-state index is 0.0467. The fourth-order valence-electron chi connectivity index (χ4n) is 3.04. The predicted molar refractivity (Wildman–Crippen MR) is 131 cm³/mol. The first-order chi connectivity index (χ1) is 14.9. The highest BCUT2D eigenvalue weighted by Crippen LogP contribution is 2.29. The maximum atomic E-state index is 13.3. The van der Waals surface area contributed by atoms with E-state index in [2.05, 4.69) is 5.32 Å². The molecule has 5 nitrogen and oxygen atoms in total. The fraction of sp³-hybridized carbons (Fsp3) is 0.391. The summed E-state index contributed by atoms with van der Waals surface area (Å²) in [6.45, 7) is 7.17. The molecule has 0 bridgehead atoms. The molecule has 0 spiro atoms. The fourth-order valence-corrected chi connectivity index (χ4v) is 4.02. The van der Waals surface area contributed by atoms with Crippen molar-refractivity contribution in [2.45, 2.75) is 52.2 Å². The van der Waals surface area contributed by atoms with E-state index in [1.165, 1.54) is 11.0 Å². The normalized spacial score (nSPS) is 12.2. The van der Waals surface area contributed by atoms with Gasteiger partial charge in [0.25, 0.3) is 5.91 Å². The molecular formula is C23H26Cl4N2O3. The molecule has 1 N–H and O–H groups in total. The van der Waals surface area contributed by atoms with Crippen LogP contribution in [0.25, 0.3) is 0 Å². The summed E-state index contributed by atoms with van der Waals surface area (Å²) in [6.07, 6.45) is 0.386. The van der Waals surface area contributed by atoms with Crippen LogP contribution < -0.4 is 10.1 Å². The van der Waals surface area contributed by atoms with Crippen LogP contribution in [-0.2, 0) is 16.1 Å². The number of amides is 2. The summed E-state index contributed by atoms with van der Waals surface area (Å²) in [6, 6.07) is 9.05. The van der Waals surface area contributed by atoms with E-state index in [1.54, 1.807) is 30.3 Å². The highest BCUT2D eigenvalue weighted by atomic mass is 35.5. The molecule has 174 valence electrons. The van der Waals surface area contributed by atoms with E-state index >= 15 is 0 Å². The van der Waals surface area contributed by atoms with Crippen molar-refractivity contribution >= 4 is 58.2 Å². The third-order valence-electron chi connectivity index (χ3n) is 4.52. The van der Waals surface area contributed by atoms with Gasteiger partial charge in [-0.3, -0.25) is 9.59 Å². The van der Waals surface area contributed by atoms with Gasteiger partial charge in [-0.25, -0.2) is 0 Å². The molecule has 0 aliphatic carbocycles.